The fraction of sp³-hybridized carbons (Fsp3) is 0.647. The van der Waals surface area contributed by atoms with Crippen molar-refractivity contribution in [1.29, 1.82) is 0 Å². The number of fused-ring (bicyclic) bond motifs is 1. The van der Waals surface area contributed by atoms with Crippen molar-refractivity contribution in [3.63, 3.8) is 0 Å². The molecule has 0 unspecified atom stereocenters. The Labute approximate surface area is 154 Å². The van der Waals surface area contributed by atoms with Gasteiger partial charge in [0, 0.05) is 17.8 Å². The van der Waals surface area contributed by atoms with Crippen LogP contribution in [0.5, 0.6) is 0 Å². The van der Waals surface area contributed by atoms with Crippen molar-refractivity contribution >= 4 is 34.6 Å². The van der Waals surface area contributed by atoms with Crippen molar-refractivity contribution in [1.82, 2.24) is 16.2 Å². The average Bonchev–Trinajstić information content (AvgIpc) is 2.99. The Morgan fingerprint density at radius 1 is 1.42 bits per heavy atom. The van der Waals surface area contributed by atoms with E-state index in [0.717, 1.165) is 43.1 Å². The van der Waals surface area contributed by atoms with Crippen LogP contribution in [0.3, 0.4) is 0 Å². The standard InChI is InChI=1S/C17H28N4OS2/c1-4-12-6-7-14-13(10-12)11-15(24-14)16(22)19-20-17(23)18-8-5-9-21(2)3/h11-12H,4-10H2,1-3H3,(H,19,22)(H2,18,20,23)/p+1/t12-/m0/s1. The second kappa shape index (κ2) is 9.34. The van der Waals surface area contributed by atoms with Gasteiger partial charge < -0.3 is 10.2 Å². The molecule has 1 amide bonds. The van der Waals surface area contributed by atoms with E-state index in [1.807, 2.05) is 0 Å². The first-order valence-corrected chi connectivity index (χ1v) is 9.96. The smallest absolute Gasteiger partial charge is 0.279 e. The number of carbonyl (C=O) groups excluding carboxylic acids is 1. The molecule has 0 radical (unpaired) electrons. The molecule has 0 saturated heterocycles. The van der Waals surface area contributed by atoms with E-state index in [4.69, 9.17) is 12.2 Å². The molecule has 2 rings (SSSR count). The Morgan fingerprint density at radius 2 is 2.21 bits per heavy atom. The van der Waals surface area contributed by atoms with Gasteiger partial charge in [0.25, 0.3) is 5.91 Å². The summed E-state index contributed by atoms with van der Waals surface area (Å²) in [6.07, 6.45) is 5.71. The topological polar surface area (TPSA) is 57.6 Å². The summed E-state index contributed by atoms with van der Waals surface area (Å²) in [6, 6.07) is 2.05. The summed E-state index contributed by atoms with van der Waals surface area (Å²) < 4.78 is 0. The third-order valence-corrected chi connectivity index (χ3v) is 5.90. The maximum absolute atomic E-state index is 12.3. The molecule has 0 bridgehead atoms. The van der Waals surface area contributed by atoms with E-state index in [9.17, 15) is 4.79 Å². The molecule has 4 N–H and O–H groups in total. The third-order valence-electron chi connectivity index (χ3n) is 4.41. The minimum absolute atomic E-state index is 0.107. The van der Waals surface area contributed by atoms with Crippen LogP contribution in [-0.2, 0) is 12.8 Å². The van der Waals surface area contributed by atoms with Crippen molar-refractivity contribution in [3.8, 4) is 0 Å². The molecule has 1 aromatic heterocycles. The lowest BCUT2D eigenvalue weighted by atomic mass is 9.87. The Balaban J connectivity index is 1.75. The minimum atomic E-state index is -0.107. The van der Waals surface area contributed by atoms with Gasteiger partial charge in [0.2, 0.25) is 0 Å². The first-order chi connectivity index (χ1) is 11.5. The summed E-state index contributed by atoms with van der Waals surface area (Å²) in [4.78, 5) is 15.8. The molecule has 1 aliphatic carbocycles. The van der Waals surface area contributed by atoms with E-state index in [2.05, 4.69) is 43.3 Å². The average molecular weight is 370 g/mol. The fourth-order valence-corrected chi connectivity index (χ4v) is 4.18. The molecule has 24 heavy (non-hydrogen) atoms. The first-order valence-electron chi connectivity index (χ1n) is 8.74. The zero-order valence-corrected chi connectivity index (χ0v) is 16.5. The molecule has 0 aromatic carbocycles. The van der Waals surface area contributed by atoms with Gasteiger partial charge in [0.1, 0.15) is 0 Å². The molecular weight excluding hydrogens is 340 g/mol. The number of thiophene rings is 1. The van der Waals surface area contributed by atoms with Crippen molar-refractivity contribution in [2.45, 2.75) is 39.0 Å². The number of quaternary nitrogens is 1. The number of rotatable bonds is 6. The highest BCUT2D eigenvalue weighted by molar-refractivity contribution is 7.80. The molecule has 1 aliphatic rings. The van der Waals surface area contributed by atoms with Gasteiger partial charge >= 0.3 is 0 Å². The lowest BCUT2D eigenvalue weighted by Gasteiger charge is -2.19. The number of hydrazine groups is 1. The summed E-state index contributed by atoms with van der Waals surface area (Å²) in [5.74, 6) is 0.659. The largest absolute Gasteiger partial charge is 0.361 e. The van der Waals surface area contributed by atoms with Crippen LogP contribution >= 0.6 is 23.6 Å². The van der Waals surface area contributed by atoms with Crippen LogP contribution in [0.1, 0.15) is 46.3 Å². The van der Waals surface area contributed by atoms with E-state index in [1.54, 1.807) is 11.3 Å². The van der Waals surface area contributed by atoms with Crippen LogP contribution < -0.4 is 21.1 Å². The van der Waals surface area contributed by atoms with E-state index >= 15 is 0 Å². The predicted octanol–water partition coefficient (Wildman–Crippen LogP) is 0.907. The van der Waals surface area contributed by atoms with Crippen LogP contribution in [0.4, 0.5) is 0 Å². The summed E-state index contributed by atoms with van der Waals surface area (Å²) in [7, 11) is 4.25. The van der Waals surface area contributed by atoms with Gasteiger partial charge in [-0.3, -0.25) is 15.6 Å². The van der Waals surface area contributed by atoms with Gasteiger partial charge in [0.05, 0.1) is 25.5 Å². The van der Waals surface area contributed by atoms with Gasteiger partial charge in [-0.25, -0.2) is 0 Å². The lowest BCUT2D eigenvalue weighted by Crippen LogP contribution is -3.05. The highest BCUT2D eigenvalue weighted by Gasteiger charge is 2.22. The maximum Gasteiger partial charge on any atom is 0.279 e. The Kier molecular flexibility index (Phi) is 7.45. The van der Waals surface area contributed by atoms with E-state index < -0.39 is 0 Å². The number of hydrogen-bond acceptors (Lipinski definition) is 3. The monoisotopic (exact) mass is 369 g/mol. The highest BCUT2D eigenvalue weighted by atomic mass is 32.1. The van der Waals surface area contributed by atoms with Gasteiger partial charge in [-0.1, -0.05) is 13.3 Å². The highest BCUT2D eigenvalue weighted by Crippen LogP contribution is 2.33. The predicted molar refractivity (Wildman–Crippen MR) is 104 cm³/mol. The third kappa shape index (κ3) is 5.72. The molecule has 0 fully saturated rings. The molecule has 5 nitrogen and oxygen atoms in total. The van der Waals surface area contributed by atoms with Crippen molar-refractivity contribution in [3.05, 3.63) is 21.4 Å². The van der Waals surface area contributed by atoms with Crippen LogP contribution in [0.15, 0.2) is 6.07 Å². The molecule has 134 valence electrons. The quantitative estimate of drug-likeness (QED) is 0.342. The van der Waals surface area contributed by atoms with E-state index in [-0.39, 0.29) is 5.91 Å². The summed E-state index contributed by atoms with van der Waals surface area (Å²) >= 11 is 6.79. The molecule has 1 heterocycles. The summed E-state index contributed by atoms with van der Waals surface area (Å²) in [5.41, 5.74) is 6.84. The number of nitrogens with one attached hydrogen (secondary N) is 4. The SMILES string of the molecule is CC[C@H]1CCc2sc(C(=O)NNC(=S)NCCC[NH+](C)C)cc2C1. The second-order valence-corrected chi connectivity index (χ2v) is 8.27. The zero-order valence-electron chi connectivity index (χ0n) is 14.8. The number of aryl methyl sites for hydroxylation is 1. The van der Waals surface area contributed by atoms with Crippen LogP contribution in [0.2, 0.25) is 0 Å². The summed E-state index contributed by atoms with van der Waals surface area (Å²) in [6.45, 7) is 4.13. The number of hydrogen-bond donors (Lipinski definition) is 4. The van der Waals surface area contributed by atoms with Crippen molar-refractivity contribution < 1.29 is 9.69 Å². The normalized spacial score (nSPS) is 16.6. The van der Waals surface area contributed by atoms with Crippen LogP contribution in [0.25, 0.3) is 0 Å². The Hall–Kier alpha value is -1.18. The zero-order chi connectivity index (χ0) is 17.5. The Bertz CT molecular complexity index is 571. The number of thiocarbonyl (C=S) groups is 1. The van der Waals surface area contributed by atoms with Gasteiger partial charge in [-0.15, -0.1) is 11.3 Å². The van der Waals surface area contributed by atoms with Gasteiger partial charge in [-0.05, 0) is 49.0 Å². The van der Waals surface area contributed by atoms with Crippen LogP contribution in [-0.4, -0.2) is 38.2 Å². The minimum Gasteiger partial charge on any atom is -0.361 e. The van der Waals surface area contributed by atoms with Crippen LogP contribution in [0, 0.1) is 5.92 Å². The number of carbonyl (C=O) groups is 1. The van der Waals surface area contributed by atoms with Crippen molar-refractivity contribution in [2.75, 3.05) is 27.2 Å². The molecule has 1 atom stereocenters. The molecule has 0 spiro atoms. The molecule has 7 heteroatoms. The molecule has 1 aromatic rings. The second-order valence-electron chi connectivity index (χ2n) is 6.72. The molecular formula is C17H29N4OS2+. The fourth-order valence-electron chi connectivity index (χ4n) is 2.92. The maximum atomic E-state index is 12.3. The number of amides is 1. The molecule has 0 saturated carbocycles. The first kappa shape index (κ1) is 19.1. The van der Waals surface area contributed by atoms with Gasteiger partial charge in [0.15, 0.2) is 5.11 Å². The van der Waals surface area contributed by atoms with E-state index in [1.165, 1.54) is 28.2 Å². The van der Waals surface area contributed by atoms with E-state index in [0.29, 0.717) is 5.11 Å². The lowest BCUT2D eigenvalue weighted by molar-refractivity contribution is -0.858. The van der Waals surface area contributed by atoms with Gasteiger partial charge in [-0.2, -0.15) is 0 Å². The molecule has 0 aliphatic heterocycles. The van der Waals surface area contributed by atoms with Crippen molar-refractivity contribution in [2.24, 2.45) is 5.92 Å². The Morgan fingerprint density at radius 3 is 2.92 bits per heavy atom. The summed E-state index contributed by atoms with van der Waals surface area (Å²) in [5, 5.41) is 3.57.